The van der Waals surface area contributed by atoms with Crippen molar-refractivity contribution >= 4 is 11.0 Å². The Balaban J connectivity index is 2.43. The third kappa shape index (κ3) is 3.30. The van der Waals surface area contributed by atoms with Gasteiger partial charge < -0.3 is 10.3 Å². The van der Waals surface area contributed by atoms with Gasteiger partial charge in [-0.2, -0.15) is 13.2 Å². The highest BCUT2D eigenvalue weighted by molar-refractivity contribution is 5.75. The van der Waals surface area contributed by atoms with E-state index < -0.39 is 12.7 Å². The van der Waals surface area contributed by atoms with Crippen LogP contribution in [0.3, 0.4) is 0 Å². The monoisotopic (exact) mass is 285 g/mol. The van der Waals surface area contributed by atoms with Gasteiger partial charge >= 0.3 is 6.18 Å². The Morgan fingerprint density at radius 1 is 1.30 bits per heavy atom. The predicted molar refractivity (Wildman–Crippen MR) is 72.3 cm³/mol. The van der Waals surface area contributed by atoms with E-state index in [9.17, 15) is 13.2 Å². The lowest BCUT2D eigenvalue weighted by molar-refractivity contribution is -0.140. The van der Waals surface area contributed by atoms with E-state index in [1.165, 1.54) is 4.57 Å². The number of hydrogen-bond donors (Lipinski definition) is 1. The summed E-state index contributed by atoms with van der Waals surface area (Å²) in [4.78, 5) is 4.34. The molecule has 2 rings (SSSR count). The highest BCUT2D eigenvalue weighted by Gasteiger charge is 2.30. The maximum atomic E-state index is 12.8. The van der Waals surface area contributed by atoms with E-state index in [4.69, 9.17) is 5.73 Å². The van der Waals surface area contributed by atoms with E-state index in [0.717, 1.165) is 6.42 Å². The van der Waals surface area contributed by atoms with Crippen molar-refractivity contribution in [1.82, 2.24) is 9.55 Å². The zero-order valence-corrected chi connectivity index (χ0v) is 11.3. The van der Waals surface area contributed by atoms with Crippen molar-refractivity contribution in [3.63, 3.8) is 0 Å². The fourth-order valence-corrected chi connectivity index (χ4v) is 2.29. The van der Waals surface area contributed by atoms with Crippen LogP contribution in [0.5, 0.6) is 0 Å². The number of halogens is 3. The van der Waals surface area contributed by atoms with Gasteiger partial charge in [-0.1, -0.05) is 25.5 Å². The van der Waals surface area contributed by atoms with Crippen LogP contribution in [0.25, 0.3) is 11.0 Å². The molecular formula is C14H18F3N3. The number of fused-ring (bicyclic) bond motifs is 1. The summed E-state index contributed by atoms with van der Waals surface area (Å²) >= 11 is 0. The number of imidazole rings is 1. The van der Waals surface area contributed by atoms with E-state index in [2.05, 4.69) is 4.98 Å². The van der Waals surface area contributed by atoms with Crippen LogP contribution in [-0.4, -0.2) is 22.3 Å². The lowest BCUT2D eigenvalue weighted by Gasteiger charge is -2.15. The average molecular weight is 285 g/mol. The molecule has 0 fully saturated rings. The van der Waals surface area contributed by atoms with Crippen LogP contribution in [0.4, 0.5) is 13.2 Å². The fourth-order valence-electron chi connectivity index (χ4n) is 2.29. The summed E-state index contributed by atoms with van der Waals surface area (Å²) in [6.07, 6.45) is -2.97. The highest BCUT2D eigenvalue weighted by Crippen LogP contribution is 2.25. The number of alkyl halides is 3. The Morgan fingerprint density at radius 2 is 2.00 bits per heavy atom. The number of nitrogens with two attached hydrogens (primary N) is 1. The summed E-state index contributed by atoms with van der Waals surface area (Å²) in [6.45, 7) is 1.42. The molecule has 0 spiro atoms. The van der Waals surface area contributed by atoms with Gasteiger partial charge in [-0.15, -0.1) is 0 Å². The van der Waals surface area contributed by atoms with Crippen LogP contribution in [0.15, 0.2) is 24.3 Å². The second-order valence-electron chi connectivity index (χ2n) is 4.93. The van der Waals surface area contributed by atoms with E-state index in [1.807, 2.05) is 6.92 Å². The smallest absolute Gasteiger partial charge is 0.330 e. The molecule has 3 nitrogen and oxygen atoms in total. The molecule has 2 aromatic rings. The van der Waals surface area contributed by atoms with Crippen LogP contribution in [0, 0.1) is 5.92 Å². The van der Waals surface area contributed by atoms with Gasteiger partial charge in [-0.25, -0.2) is 4.98 Å². The van der Waals surface area contributed by atoms with E-state index >= 15 is 0 Å². The maximum Gasteiger partial charge on any atom is 0.406 e. The Bertz CT molecular complexity index is 571. The van der Waals surface area contributed by atoms with Gasteiger partial charge in [0, 0.05) is 6.42 Å². The molecule has 0 saturated heterocycles. The molecule has 2 N–H and O–H groups in total. The van der Waals surface area contributed by atoms with Crippen LogP contribution in [-0.2, 0) is 13.0 Å². The molecule has 6 heteroatoms. The first-order valence-corrected chi connectivity index (χ1v) is 6.65. The topological polar surface area (TPSA) is 43.8 Å². The van der Waals surface area contributed by atoms with Crippen molar-refractivity contribution in [2.75, 3.05) is 6.54 Å². The summed E-state index contributed by atoms with van der Waals surface area (Å²) < 4.78 is 39.5. The van der Waals surface area contributed by atoms with Crippen molar-refractivity contribution in [2.24, 2.45) is 11.7 Å². The third-order valence-corrected chi connectivity index (χ3v) is 3.45. The summed E-state index contributed by atoms with van der Waals surface area (Å²) in [5.74, 6) is 0.611. The number of benzene rings is 1. The number of rotatable bonds is 5. The lowest BCUT2D eigenvalue weighted by atomic mass is 10.0. The number of aromatic nitrogens is 2. The van der Waals surface area contributed by atoms with Crippen LogP contribution in [0.1, 0.15) is 19.2 Å². The molecule has 20 heavy (non-hydrogen) atoms. The number of nitrogens with zero attached hydrogens (tertiary/aromatic N) is 2. The molecule has 1 atom stereocenters. The van der Waals surface area contributed by atoms with Gasteiger partial charge in [0.25, 0.3) is 0 Å². The van der Waals surface area contributed by atoms with Gasteiger partial charge in [0.05, 0.1) is 11.0 Å². The van der Waals surface area contributed by atoms with Crippen molar-refractivity contribution in [3.8, 4) is 0 Å². The molecule has 0 aliphatic rings. The minimum Gasteiger partial charge on any atom is -0.330 e. The van der Waals surface area contributed by atoms with Crippen LogP contribution >= 0.6 is 0 Å². The zero-order valence-electron chi connectivity index (χ0n) is 11.3. The summed E-state index contributed by atoms with van der Waals surface area (Å²) in [5, 5.41) is 0. The Kier molecular flexibility index (Phi) is 4.32. The second-order valence-corrected chi connectivity index (χ2v) is 4.93. The van der Waals surface area contributed by atoms with E-state index in [1.54, 1.807) is 24.3 Å². The number of hydrogen-bond acceptors (Lipinski definition) is 2. The lowest BCUT2D eigenvalue weighted by Crippen LogP contribution is -2.22. The minimum absolute atomic E-state index is 0.152. The van der Waals surface area contributed by atoms with Crippen LogP contribution < -0.4 is 5.73 Å². The maximum absolute atomic E-state index is 12.8. The summed E-state index contributed by atoms with van der Waals surface area (Å²) in [7, 11) is 0. The third-order valence-electron chi connectivity index (χ3n) is 3.45. The first-order valence-electron chi connectivity index (χ1n) is 6.65. The molecule has 0 amide bonds. The molecule has 1 unspecified atom stereocenters. The summed E-state index contributed by atoms with van der Waals surface area (Å²) in [6, 6.07) is 6.90. The molecule has 1 aromatic heterocycles. The first-order chi connectivity index (χ1) is 9.44. The second kappa shape index (κ2) is 5.83. The van der Waals surface area contributed by atoms with Gasteiger partial charge in [-0.3, -0.25) is 0 Å². The van der Waals surface area contributed by atoms with E-state index in [0.29, 0.717) is 29.8 Å². The normalized spacial score (nSPS) is 13.8. The van der Waals surface area contributed by atoms with Crippen molar-refractivity contribution in [1.29, 1.82) is 0 Å². The molecule has 0 saturated carbocycles. The fraction of sp³-hybridized carbons (Fsp3) is 0.500. The highest BCUT2D eigenvalue weighted by atomic mass is 19.4. The Hall–Kier alpha value is -1.56. The van der Waals surface area contributed by atoms with Crippen molar-refractivity contribution in [2.45, 2.75) is 32.5 Å². The molecule has 0 aliphatic carbocycles. The molecule has 110 valence electrons. The Morgan fingerprint density at radius 3 is 2.60 bits per heavy atom. The Labute approximate surface area is 115 Å². The van der Waals surface area contributed by atoms with Gasteiger partial charge in [0.15, 0.2) is 0 Å². The van der Waals surface area contributed by atoms with Crippen LogP contribution in [0.2, 0.25) is 0 Å². The first kappa shape index (κ1) is 14.8. The predicted octanol–water partition coefficient (Wildman–Crippen LogP) is 3.13. The quantitative estimate of drug-likeness (QED) is 0.917. The largest absolute Gasteiger partial charge is 0.406 e. The zero-order chi connectivity index (χ0) is 14.8. The van der Waals surface area contributed by atoms with Gasteiger partial charge in [0.2, 0.25) is 0 Å². The van der Waals surface area contributed by atoms with Gasteiger partial charge in [0.1, 0.15) is 12.4 Å². The van der Waals surface area contributed by atoms with Gasteiger partial charge in [-0.05, 0) is 24.6 Å². The number of para-hydroxylation sites is 2. The molecule has 0 bridgehead atoms. The van der Waals surface area contributed by atoms with E-state index in [-0.39, 0.29) is 5.92 Å². The van der Waals surface area contributed by atoms with Crippen molar-refractivity contribution in [3.05, 3.63) is 30.1 Å². The SMILES string of the molecule is CCC(CN)Cc1nc2ccccc2n1CC(F)(F)F. The minimum atomic E-state index is -4.26. The van der Waals surface area contributed by atoms with Crippen molar-refractivity contribution < 1.29 is 13.2 Å². The summed E-state index contributed by atoms with van der Waals surface area (Å²) in [5.41, 5.74) is 6.76. The molecule has 0 radical (unpaired) electrons. The standard InChI is InChI=1S/C14H18F3N3/c1-2-10(8-18)7-13-19-11-5-3-4-6-12(11)20(13)9-14(15,16)17/h3-6,10H,2,7-9,18H2,1H3. The molecule has 1 aromatic carbocycles. The average Bonchev–Trinajstić information content (AvgIpc) is 2.72. The molecule has 0 aliphatic heterocycles. The molecule has 1 heterocycles. The molecular weight excluding hydrogens is 267 g/mol.